The number of hydrogen-bond donors (Lipinski definition) is 3. The number of benzene rings is 3. The minimum absolute atomic E-state index is 0.0815. The molecule has 0 radical (unpaired) electrons. The number of anilines is 1. The number of pyridine rings is 1. The molecule has 1 saturated heterocycles. The van der Waals surface area contributed by atoms with Gasteiger partial charge in [0.05, 0.1) is 33.3 Å². The first-order chi connectivity index (χ1) is 25.7. The van der Waals surface area contributed by atoms with Gasteiger partial charge in [0.15, 0.2) is 18.5 Å². The van der Waals surface area contributed by atoms with Crippen molar-refractivity contribution < 1.29 is 53.6 Å². The lowest BCUT2D eigenvalue weighted by molar-refractivity contribution is -0.777. The topological polar surface area (TPSA) is 173 Å². The van der Waals surface area contributed by atoms with Gasteiger partial charge in [0.25, 0.3) is 12.1 Å². The Bertz CT molecular complexity index is 2100. The van der Waals surface area contributed by atoms with Gasteiger partial charge in [0.1, 0.15) is 35.2 Å². The van der Waals surface area contributed by atoms with E-state index in [1.807, 2.05) is 6.07 Å². The summed E-state index contributed by atoms with van der Waals surface area (Å²) in [6.07, 6.45) is -5.59. The highest BCUT2D eigenvalue weighted by molar-refractivity contribution is 6.33. The molecule has 2 aliphatic heterocycles. The fraction of sp³-hybridized carbons (Fsp3) is 0.333. The number of halogens is 2. The van der Waals surface area contributed by atoms with Crippen LogP contribution in [0.15, 0.2) is 79.1 Å². The summed E-state index contributed by atoms with van der Waals surface area (Å²) >= 11 is 13.4. The summed E-state index contributed by atoms with van der Waals surface area (Å²) < 4.78 is 17.7. The van der Waals surface area contributed by atoms with Crippen LogP contribution in [0.3, 0.4) is 0 Å². The van der Waals surface area contributed by atoms with E-state index in [9.17, 15) is 34.8 Å². The van der Waals surface area contributed by atoms with E-state index in [0.29, 0.717) is 38.9 Å². The second kappa shape index (κ2) is 15.5. The molecule has 1 unspecified atom stereocenters. The van der Waals surface area contributed by atoms with Gasteiger partial charge in [-0.2, -0.15) is 4.57 Å². The van der Waals surface area contributed by atoms with Crippen molar-refractivity contribution in [1.82, 2.24) is 4.90 Å². The quantitative estimate of drug-likeness (QED) is 0.192. The average molecular weight is 781 g/mol. The van der Waals surface area contributed by atoms with Gasteiger partial charge in [-0.15, -0.1) is 0 Å². The van der Waals surface area contributed by atoms with E-state index in [4.69, 9.17) is 37.4 Å². The maximum atomic E-state index is 14.6. The molecule has 2 aliphatic rings. The number of carbonyl (C=O) groups is 3. The Morgan fingerprint density at radius 3 is 2.43 bits per heavy atom. The molecule has 2 amide bonds. The predicted octanol–water partition coefficient (Wildman–Crippen LogP) is 2.54. The number of carboxylic acids is 1. The van der Waals surface area contributed by atoms with E-state index >= 15 is 0 Å². The number of aliphatic hydroxyl groups excluding tert-OH is 3. The van der Waals surface area contributed by atoms with E-state index in [2.05, 4.69) is 0 Å². The number of hydrogen-bond acceptors (Lipinski definition) is 10. The van der Waals surface area contributed by atoms with Crippen molar-refractivity contribution in [3.05, 3.63) is 117 Å². The van der Waals surface area contributed by atoms with Crippen LogP contribution in [0.25, 0.3) is 0 Å². The molecule has 4 aromatic rings. The lowest BCUT2D eigenvalue weighted by Gasteiger charge is -2.37. The molecule has 0 bridgehead atoms. The number of rotatable bonds is 11. The van der Waals surface area contributed by atoms with Gasteiger partial charge < -0.3 is 49.2 Å². The third-order valence-corrected chi connectivity index (χ3v) is 10.6. The molecular formula is C39H39Cl2N3O10. The summed E-state index contributed by atoms with van der Waals surface area (Å²) in [5.41, 5.74) is 1.91. The first-order valence-corrected chi connectivity index (χ1v) is 17.8. The Labute approximate surface area is 321 Å². The smallest absolute Gasteiger partial charge is 0.292 e. The minimum atomic E-state index is -1.89. The maximum absolute atomic E-state index is 14.6. The molecule has 6 atom stereocenters. The van der Waals surface area contributed by atoms with Crippen LogP contribution in [0.5, 0.6) is 11.5 Å². The highest BCUT2D eigenvalue weighted by atomic mass is 35.5. The van der Waals surface area contributed by atoms with Crippen LogP contribution in [-0.2, 0) is 32.8 Å². The third-order valence-electron chi connectivity index (χ3n) is 10.1. The van der Waals surface area contributed by atoms with E-state index < -0.39 is 42.0 Å². The predicted molar refractivity (Wildman–Crippen MR) is 194 cm³/mol. The number of ether oxygens (including phenoxy) is 3. The van der Waals surface area contributed by atoms with Gasteiger partial charge in [-0.05, 0) is 79.6 Å². The highest BCUT2D eigenvalue weighted by Gasteiger charge is 2.51. The van der Waals surface area contributed by atoms with E-state index in [0.717, 1.165) is 5.56 Å². The van der Waals surface area contributed by atoms with Gasteiger partial charge in [-0.1, -0.05) is 23.2 Å². The van der Waals surface area contributed by atoms with Crippen molar-refractivity contribution in [1.29, 1.82) is 0 Å². The molecule has 6 rings (SSSR count). The van der Waals surface area contributed by atoms with Crippen molar-refractivity contribution in [3.8, 4) is 11.5 Å². The van der Waals surface area contributed by atoms with Crippen molar-refractivity contribution in [2.45, 2.75) is 63.0 Å². The molecule has 1 fully saturated rings. The van der Waals surface area contributed by atoms with Crippen LogP contribution in [0, 0.1) is 0 Å². The Balaban J connectivity index is 1.30. The first-order valence-electron chi connectivity index (χ1n) is 17.1. The van der Waals surface area contributed by atoms with E-state index in [-0.39, 0.29) is 42.0 Å². The molecule has 54 heavy (non-hydrogen) atoms. The number of nitrogens with zero attached hydrogens (tertiary/aromatic N) is 3. The van der Waals surface area contributed by atoms with Gasteiger partial charge in [-0.3, -0.25) is 9.59 Å². The normalized spacial score (nSPS) is 23.5. The summed E-state index contributed by atoms with van der Waals surface area (Å²) in [6, 6.07) is 18.7. The van der Waals surface area contributed by atoms with Crippen LogP contribution in [0.4, 0.5) is 5.69 Å². The number of carboxylic acid groups (broad SMARTS) is 1. The number of aromatic nitrogens is 1. The second-order valence-corrected chi connectivity index (χ2v) is 14.1. The van der Waals surface area contributed by atoms with Crippen LogP contribution in [-0.4, -0.2) is 83.2 Å². The number of aliphatic carboxylic acids is 1. The number of amides is 2. The third kappa shape index (κ3) is 6.99. The molecule has 0 saturated carbocycles. The standard InChI is InChI=1S/C39H39Cl2N3O10/c1-5-42(18-21-7-6-14-43(19-21)36-33(47)31(45)32(46)34(54-36)37(49)50)35(48)22-9-12-28(41)26(15-22)39(2)27-16-24(40)10-13-29(27)44(38(39)51)20-23-8-11-25(52-3)17-30(23)53-4/h6-17,19,31-34,36,45-47H,5,18,20H2,1-4H3/t31-,32-,33+,34-,36+,39?/m0/s1. The van der Waals surface area contributed by atoms with Gasteiger partial charge in [0.2, 0.25) is 5.91 Å². The molecular weight excluding hydrogens is 741 g/mol. The van der Waals surface area contributed by atoms with Crippen molar-refractivity contribution in [3.63, 3.8) is 0 Å². The average Bonchev–Trinajstić information content (AvgIpc) is 3.37. The molecule has 1 aromatic heterocycles. The zero-order valence-corrected chi connectivity index (χ0v) is 31.3. The molecule has 3 N–H and O–H groups in total. The Hall–Kier alpha value is -4.76. The van der Waals surface area contributed by atoms with Crippen molar-refractivity contribution in [2.24, 2.45) is 0 Å². The minimum Gasteiger partial charge on any atom is -0.547 e. The molecule has 3 heterocycles. The highest BCUT2D eigenvalue weighted by Crippen LogP contribution is 2.50. The number of methoxy groups -OCH3 is 2. The van der Waals surface area contributed by atoms with E-state index in [1.165, 1.54) is 10.8 Å². The maximum Gasteiger partial charge on any atom is 0.292 e. The number of fused-ring (bicyclic) bond motifs is 1. The lowest BCUT2D eigenvalue weighted by Crippen LogP contribution is -2.65. The van der Waals surface area contributed by atoms with Gasteiger partial charge >= 0.3 is 0 Å². The molecule has 284 valence electrons. The molecule has 0 spiro atoms. The van der Waals surface area contributed by atoms with Crippen LogP contribution < -0.4 is 24.0 Å². The zero-order valence-electron chi connectivity index (χ0n) is 29.8. The number of aliphatic hydroxyl groups is 3. The van der Waals surface area contributed by atoms with Crippen LogP contribution in [0.2, 0.25) is 10.0 Å². The number of carbonyl (C=O) groups excluding carboxylic acids is 3. The summed E-state index contributed by atoms with van der Waals surface area (Å²) in [5, 5.41) is 43.2. The van der Waals surface area contributed by atoms with Gasteiger partial charge in [-0.25, -0.2) is 0 Å². The molecule has 3 aromatic carbocycles. The van der Waals surface area contributed by atoms with Crippen LogP contribution >= 0.6 is 23.2 Å². The molecule has 15 heteroatoms. The zero-order chi connectivity index (χ0) is 39.1. The fourth-order valence-electron chi connectivity index (χ4n) is 7.08. The summed E-state index contributed by atoms with van der Waals surface area (Å²) in [4.78, 5) is 43.5. The van der Waals surface area contributed by atoms with Crippen LogP contribution in [0.1, 0.15) is 52.7 Å². The largest absolute Gasteiger partial charge is 0.547 e. The summed E-state index contributed by atoms with van der Waals surface area (Å²) in [6.45, 7) is 4.08. The Morgan fingerprint density at radius 1 is 0.981 bits per heavy atom. The lowest BCUT2D eigenvalue weighted by atomic mass is 9.76. The van der Waals surface area contributed by atoms with Crippen molar-refractivity contribution >= 4 is 46.7 Å². The summed E-state index contributed by atoms with van der Waals surface area (Å²) in [7, 11) is 3.10. The molecule has 0 aliphatic carbocycles. The fourth-order valence-corrected chi connectivity index (χ4v) is 7.56. The Kier molecular flexibility index (Phi) is 11.2. The van der Waals surface area contributed by atoms with Gasteiger partial charge in [0, 0.05) is 51.1 Å². The van der Waals surface area contributed by atoms with Crippen molar-refractivity contribution in [2.75, 3.05) is 25.7 Å². The van der Waals surface area contributed by atoms with E-state index in [1.54, 1.807) is 105 Å². The summed E-state index contributed by atoms with van der Waals surface area (Å²) in [5.74, 6) is -1.25. The monoisotopic (exact) mass is 779 g/mol. The first kappa shape index (κ1) is 38.9. The Morgan fingerprint density at radius 2 is 1.74 bits per heavy atom. The SMILES string of the molecule is CCN(Cc1ccc[n+]([C@@H]2O[C@H](C(=O)[O-])[C@@H](O)[C@H](O)[C@H]2O)c1)C(=O)c1ccc(Cl)c(C2(C)C(=O)N(Cc3ccc(OC)cc3OC)c3ccc(Cl)cc32)c1. The molecule has 13 nitrogen and oxygen atoms in total. The second-order valence-electron chi connectivity index (χ2n) is 13.3.